The van der Waals surface area contributed by atoms with Gasteiger partial charge in [-0.05, 0) is 30.2 Å². The van der Waals surface area contributed by atoms with Crippen LogP contribution in [-0.4, -0.2) is 22.6 Å². The van der Waals surface area contributed by atoms with Gasteiger partial charge >= 0.3 is 5.97 Å². The van der Waals surface area contributed by atoms with Gasteiger partial charge in [0.05, 0.1) is 10.5 Å². The predicted molar refractivity (Wildman–Crippen MR) is 98.1 cm³/mol. The molecule has 1 aliphatic rings. The summed E-state index contributed by atoms with van der Waals surface area (Å²) in [5, 5.41) is 10.9. The molecule has 0 bridgehead atoms. The molecule has 1 heterocycles. The number of fused-ring (bicyclic) bond motifs is 1. The van der Waals surface area contributed by atoms with E-state index in [1.807, 2.05) is 0 Å². The molecule has 0 aliphatic carbocycles. The highest BCUT2D eigenvalue weighted by Gasteiger charge is 2.28. The molecule has 0 saturated heterocycles. The van der Waals surface area contributed by atoms with Gasteiger partial charge in [-0.25, -0.2) is 0 Å². The molecule has 27 heavy (non-hydrogen) atoms. The summed E-state index contributed by atoms with van der Waals surface area (Å²) in [6.07, 6.45) is 2.14. The Morgan fingerprint density at radius 1 is 1.26 bits per heavy atom. The molecule has 0 amide bonds. The summed E-state index contributed by atoms with van der Waals surface area (Å²) in [5.74, 6) is 0.153. The maximum atomic E-state index is 12.4. The van der Waals surface area contributed by atoms with Gasteiger partial charge in [-0.2, -0.15) is 0 Å². The van der Waals surface area contributed by atoms with Crippen molar-refractivity contribution in [3.63, 3.8) is 0 Å². The van der Waals surface area contributed by atoms with Gasteiger partial charge in [-0.1, -0.05) is 12.1 Å². The topological polar surface area (TPSA) is 95.7 Å². The van der Waals surface area contributed by atoms with Crippen molar-refractivity contribution < 1.29 is 24.0 Å². The molecule has 2 aromatic carbocycles. The molecule has 1 aliphatic heterocycles. The van der Waals surface area contributed by atoms with E-state index in [9.17, 15) is 19.7 Å². The largest absolute Gasteiger partial charge is 0.452 e. The number of esters is 1. The Bertz CT molecular complexity index is 953. The predicted octanol–water partition coefficient (Wildman–Crippen LogP) is 4.14. The molecule has 0 spiro atoms. The maximum absolute atomic E-state index is 12.4. The number of nitrogens with zero attached hydrogens (tertiary/aromatic N) is 1. The van der Waals surface area contributed by atoms with E-state index in [1.54, 1.807) is 6.07 Å². The molecular formula is C19H14ClNO6. The number of hydrogen-bond acceptors (Lipinski definition) is 6. The van der Waals surface area contributed by atoms with Crippen molar-refractivity contribution in [3.05, 3.63) is 69.5 Å². The lowest BCUT2D eigenvalue weighted by Crippen LogP contribution is -2.07. The summed E-state index contributed by atoms with van der Waals surface area (Å²) in [4.78, 5) is 34.5. The average Bonchev–Trinajstić information content (AvgIpc) is 2.95. The number of non-ortho nitro benzene ring substituents is 1. The van der Waals surface area contributed by atoms with Gasteiger partial charge in [0.25, 0.3) is 5.69 Å². The highest BCUT2D eigenvalue weighted by Crippen LogP contribution is 2.35. The summed E-state index contributed by atoms with van der Waals surface area (Å²) < 4.78 is 10.7. The van der Waals surface area contributed by atoms with Crippen LogP contribution in [0.1, 0.15) is 28.8 Å². The number of allylic oxidation sites excluding steroid dienone is 1. The Labute approximate surface area is 159 Å². The highest BCUT2D eigenvalue weighted by atomic mass is 35.5. The van der Waals surface area contributed by atoms with Crippen molar-refractivity contribution in [1.82, 2.24) is 0 Å². The maximum Gasteiger partial charge on any atom is 0.311 e. The Balaban J connectivity index is 1.79. The summed E-state index contributed by atoms with van der Waals surface area (Å²) in [7, 11) is 0. The quantitative estimate of drug-likeness (QED) is 0.184. The van der Waals surface area contributed by atoms with E-state index in [4.69, 9.17) is 21.1 Å². The van der Waals surface area contributed by atoms with Gasteiger partial charge in [-0.3, -0.25) is 19.7 Å². The van der Waals surface area contributed by atoms with E-state index in [-0.39, 0.29) is 35.1 Å². The number of ketones is 1. The molecule has 2 aromatic rings. The Morgan fingerprint density at radius 2 is 2.07 bits per heavy atom. The van der Waals surface area contributed by atoms with Gasteiger partial charge in [-0.15, -0.1) is 11.6 Å². The summed E-state index contributed by atoms with van der Waals surface area (Å²) in [6.45, 7) is 0. The van der Waals surface area contributed by atoms with Gasteiger partial charge in [0.15, 0.2) is 5.76 Å². The fourth-order valence-corrected chi connectivity index (χ4v) is 2.64. The molecule has 0 N–H and O–H groups in total. The number of halogens is 1. The van der Waals surface area contributed by atoms with E-state index in [2.05, 4.69) is 0 Å². The van der Waals surface area contributed by atoms with Crippen LogP contribution in [0.2, 0.25) is 0 Å². The molecule has 0 unspecified atom stereocenters. The van der Waals surface area contributed by atoms with Gasteiger partial charge in [0, 0.05) is 30.5 Å². The van der Waals surface area contributed by atoms with Crippen LogP contribution in [0.5, 0.6) is 11.5 Å². The van der Waals surface area contributed by atoms with E-state index in [0.717, 1.165) is 0 Å². The molecule has 3 rings (SSSR count). The number of carbonyl (C=O) groups is 2. The summed E-state index contributed by atoms with van der Waals surface area (Å²) >= 11 is 5.54. The molecule has 0 fully saturated rings. The van der Waals surface area contributed by atoms with Crippen LogP contribution >= 0.6 is 11.6 Å². The third kappa shape index (κ3) is 4.32. The zero-order valence-corrected chi connectivity index (χ0v) is 14.8. The number of nitro groups is 1. The second-order valence-corrected chi connectivity index (χ2v) is 6.09. The number of nitro benzene ring substituents is 1. The van der Waals surface area contributed by atoms with E-state index < -0.39 is 10.9 Å². The first-order valence-corrected chi connectivity index (χ1v) is 8.61. The SMILES string of the molecule is O=C(CCCCl)Oc1ccc2c(c1)O/C(=C\c1cccc([N+](=O)[O-])c1)C2=O. The number of hydrogen-bond donors (Lipinski definition) is 0. The molecule has 0 saturated carbocycles. The first-order chi connectivity index (χ1) is 13.0. The third-order valence-corrected chi connectivity index (χ3v) is 4.03. The summed E-state index contributed by atoms with van der Waals surface area (Å²) in [5.41, 5.74) is 0.707. The number of alkyl halides is 1. The van der Waals surface area contributed by atoms with Gasteiger partial charge in [0.2, 0.25) is 5.78 Å². The number of Topliss-reactive ketones (excluding diaryl/α,β-unsaturated/α-hetero) is 1. The van der Waals surface area contributed by atoms with Crippen LogP contribution in [0.25, 0.3) is 6.08 Å². The fourth-order valence-electron chi connectivity index (χ4n) is 2.50. The lowest BCUT2D eigenvalue weighted by atomic mass is 10.1. The summed E-state index contributed by atoms with van der Waals surface area (Å²) in [6, 6.07) is 10.3. The molecule has 138 valence electrons. The monoisotopic (exact) mass is 387 g/mol. The molecular weight excluding hydrogens is 374 g/mol. The standard InChI is InChI=1S/C19H14ClNO6/c20-8-2-5-18(22)26-14-6-7-15-16(11-14)27-17(19(15)23)10-12-3-1-4-13(9-12)21(24)25/h1,3-4,6-7,9-11H,2,5,8H2/b17-10-. The molecule has 8 heteroatoms. The molecule has 0 atom stereocenters. The van der Waals surface area contributed by atoms with Crippen LogP contribution in [0, 0.1) is 10.1 Å². The Morgan fingerprint density at radius 3 is 2.81 bits per heavy atom. The van der Waals surface area contributed by atoms with Crippen LogP contribution in [0.4, 0.5) is 5.69 Å². The van der Waals surface area contributed by atoms with Crippen LogP contribution < -0.4 is 9.47 Å². The first-order valence-electron chi connectivity index (χ1n) is 8.07. The molecule has 0 radical (unpaired) electrons. The second kappa shape index (κ2) is 8.01. The van der Waals surface area contributed by atoms with Crippen molar-refractivity contribution in [2.24, 2.45) is 0 Å². The zero-order valence-electron chi connectivity index (χ0n) is 14.0. The lowest BCUT2D eigenvalue weighted by Gasteiger charge is -2.05. The minimum absolute atomic E-state index is 0.0381. The van der Waals surface area contributed by atoms with Crippen molar-refractivity contribution in [2.75, 3.05) is 5.88 Å². The van der Waals surface area contributed by atoms with Crippen molar-refractivity contribution in [1.29, 1.82) is 0 Å². The number of ether oxygens (including phenoxy) is 2. The highest BCUT2D eigenvalue weighted by molar-refractivity contribution is 6.18. The number of rotatable bonds is 6. The zero-order chi connectivity index (χ0) is 19.4. The first kappa shape index (κ1) is 18.6. The minimum Gasteiger partial charge on any atom is -0.452 e. The molecule has 7 nitrogen and oxygen atoms in total. The van der Waals surface area contributed by atoms with Crippen LogP contribution in [0.3, 0.4) is 0 Å². The Kier molecular flexibility index (Phi) is 5.52. The van der Waals surface area contributed by atoms with E-state index in [0.29, 0.717) is 23.4 Å². The smallest absolute Gasteiger partial charge is 0.311 e. The lowest BCUT2D eigenvalue weighted by molar-refractivity contribution is -0.384. The van der Waals surface area contributed by atoms with Gasteiger partial charge in [0.1, 0.15) is 11.5 Å². The van der Waals surface area contributed by atoms with E-state index >= 15 is 0 Å². The van der Waals surface area contributed by atoms with Crippen molar-refractivity contribution in [3.8, 4) is 11.5 Å². The van der Waals surface area contributed by atoms with E-state index in [1.165, 1.54) is 42.5 Å². The number of benzene rings is 2. The third-order valence-electron chi connectivity index (χ3n) is 3.77. The Hall–Kier alpha value is -3.19. The fraction of sp³-hybridized carbons (Fsp3) is 0.158. The van der Waals surface area contributed by atoms with Crippen molar-refractivity contribution in [2.45, 2.75) is 12.8 Å². The molecule has 0 aromatic heterocycles. The van der Waals surface area contributed by atoms with Crippen molar-refractivity contribution >= 4 is 35.1 Å². The van der Waals surface area contributed by atoms with Crippen LogP contribution in [0.15, 0.2) is 48.2 Å². The number of carbonyl (C=O) groups excluding carboxylic acids is 2. The normalized spacial score (nSPS) is 14.0. The minimum atomic E-state index is -0.515. The second-order valence-electron chi connectivity index (χ2n) is 5.72. The van der Waals surface area contributed by atoms with Crippen LogP contribution in [-0.2, 0) is 4.79 Å². The van der Waals surface area contributed by atoms with Gasteiger partial charge < -0.3 is 9.47 Å². The average molecular weight is 388 g/mol.